The lowest BCUT2D eigenvalue weighted by atomic mass is 10.1. The monoisotopic (exact) mass is 294 g/mol. The second-order valence-electron chi connectivity index (χ2n) is 5.69. The van der Waals surface area contributed by atoms with Crippen LogP contribution in [0.5, 0.6) is 0 Å². The highest BCUT2D eigenvalue weighted by molar-refractivity contribution is 5.85. The van der Waals surface area contributed by atoms with E-state index in [2.05, 4.69) is 26.0 Å². The summed E-state index contributed by atoms with van der Waals surface area (Å²) in [5.41, 5.74) is -0.238. The lowest BCUT2D eigenvalue weighted by Crippen LogP contribution is -2.43. The number of rotatable bonds is 6. The molecule has 0 aliphatic rings. The lowest BCUT2D eigenvalue weighted by Gasteiger charge is -2.20. The molecule has 0 bridgehead atoms. The van der Waals surface area contributed by atoms with Crippen LogP contribution in [0.3, 0.4) is 0 Å². The Hall–Kier alpha value is -2.05. The molecule has 0 unspecified atom stereocenters. The van der Waals surface area contributed by atoms with Crippen molar-refractivity contribution in [3.8, 4) is 0 Å². The maximum absolute atomic E-state index is 11.7. The summed E-state index contributed by atoms with van der Waals surface area (Å²) in [4.78, 5) is 16.0. The Morgan fingerprint density at radius 3 is 2.67 bits per heavy atom. The molecule has 3 N–H and O–H groups in total. The van der Waals surface area contributed by atoms with Crippen LogP contribution >= 0.6 is 0 Å². The van der Waals surface area contributed by atoms with Gasteiger partial charge in [0.2, 0.25) is 5.91 Å². The number of nitrogens with one attached hydrogen (secondary N) is 3. The average molecular weight is 294 g/mol. The predicted molar refractivity (Wildman–Crippen MR) is 84.1 cm³/mol. The van der Waals surface area contributed by atoms with E-state index in [4.69, 9.17) is 0 Å². The van der Waals surface area contributed by atoms with Crippen molar-refractivity contribution in [2.24, 2.45) is 4.99 Å². The van der Waals surface area contributed by atoms with Crippen molar-refractivity contribution in [3.05, 3.63) is 18.5 Å². The highest BCUT2D eigenvalue weighted by atomic mass is 16.2. The normalized spacial score (nSPS) is 12.1. The third-order valence-electron chi connectivity index (χ3n) is 2.43. The highest BCUT2D eigenvalue weighted by Gasteiger charge is 2.13. The fourth-order valence-electron chi connectivity index (χ4n) is 1.67. The molecule has 21 heavy (non-hydrogen) atoms. The molecule has 0 radical (unpaired) electrons. The van der Waals surface area contributed by atoms with E-state index < -0.39 is 0 Å². The summed E-state index contributed by atoms with van der Waals surface area (Å²) in [7, 11) is 0. The van der Waals surface area contributed by atoms with Crippen LogP contribution in [0.15, 0.2) is 23.5 Å². The Kier molecular flexibility index (Phi) is 6.71. The van der Waals surface area contributed by atoms with Crippen LogP contribution in [0.4, 0.5) is 0 Å². The SMILES string of the molecule is CCNC(=NCC(=O)NC(C)(C)C)NCCn1cccn1. The van der Waals surface area contributed by atoms with Crippen molar-refractivity contribution in [1.82, 2.24) is 25.7 Å². The second-order valence-corrected chi connectivity index (χ2v) is 5.69. The van der Waals surface area contributed by atoms with Gasteiger partial charge in [0.15, 0.2) is 5.96 Å². The van der Waals surface area contributed by atoms with Gasteiger partial charge in [-0.1, -0.05) is 0 Å². The molecular weight excluding hydrogens is 268 g/mol. The van der Waals surface area contributed by atoms with Crippen LogP contribution in [0.2, 0.25) is 0 Å². The quantitative estimate of drug-likeness (QED) is 0.522. The van der Waals surface area contributed by atoms with E-state index in [-0.39, 0.29) is 18.0 Å². The van der Waals surface area contributed by atoms with Crippen molar-refractivity contribution >= 4 is 11.9 Å². The smallest absolute Gasteiger partial charge is 0.242 e. The molecule has 118 valence electrons. The number of guanidine groups is 1. The van der Waals surface area contributed by atoms with E-state index in [0.29, 0.717) is 12.5 Å². The third-order valence-corrected chi connectivity index (χ3v) is 2.43. The molecule has 1 rings (SSSR count). The first-order valence-corrected chi connectivity index (χ1v) is 7.21. The molecule has 1 aromatic heterocycles. The van der Waals surface area contributed by atoms with Crippen LogP contribution in [0.25, 0.3) is 0 Å². The number of carbonyl (C=O) groups excluding carboxylic acids is 1. The van der Waals surface area contributed by atoms with Crippen LogP contribution in [0.1, 0.15) is 27.7 Å². The maximum atomic E-state index is 11.7. The van der Waals surface area contributed by atoms with E-state index in [9.17, 15) is 4.79 Å². The van der Waals surface area contributed by atoms with Crippen LogP contribution < -0.4 is 16.0 Å². The zero-order valence-electron chi connectivity index (χ0n) is 13.3. The molecule has 0 saturated carbocycles. The largest absolute Gasteiger partial charge is 0.357 e. The number of hydrogen-bond donors (Lipinski definition) is 3. The first kappa shape index (κ1) is 17.0. The fourth-order valence-corrected chi connectivity index (χ4v) is 1.67. The Morgan fingerprint density at radius 2 is 2.10 bits per heavy atom. The van der Waals surface area contributed by atoms with Gasteiger partial charge in [-0.25, -0.2) is 4.99 Å². The number of aliphatic imine (C=N–C) groups is 1. The van der Waals surface area contributed by atoms with Gasteiger partial charge in [0, 0.05) is 31.0 Å². The van der Waals surface area contributed by atoms with Crippen molar-refractivity contribution in [2.75, 3.05) is 19.6 Å². The molecule has 1 aromatic rings. The minimum absolute atomic E-state index is 0.0909. The topological polar surface area (TPSA) is 83.3 Å². The maximum Gasteiger partial charge on any atom is 0.242 e. The predicted octanol–water partition coefficient (Wildman–Crippen LogP) is 0.353. The van der Waals surface area contributed by atoms with Crippen LogP contribution in [-0.2, 0) is 11.3 Å². The zero-order chi connectivity index (χ0) is 15.7. The van der Waals surface area contributed by atoms with E-state index in [1.807, 2.05) is 44.6 Å². The summed E-state index contributed by atoms with van der Waals surface area (Å²) < 4.78 is 1.84. The molecule has 0 aromatic carbocycles. The Labute approximate surface area is 126 Å². The van der Waals surface area contributed by atoms with Crippen molar-refractivity contribution < 1.29 is 4.79 Å². The summed E-state index contributed by atoms with van der Waals surface area (Å²) in [6.07, 6.45) is 3.65. The number of amides is 1. The summed E-state index contributed by atoms with van der Waals surface area (Å²) in [6, 6.07) is 1.89. The number of carbonyl (C=O) groups is 1. The Balaban J connectivity index is 2.40. The van der Waals surface area contributed by atoms with E-state index in [1.165, 1.54) is 0 Å². The number of aromatic nitrogens is 2. The second kappa shape index (κ2) is 8.28. The summed E-state index contributed by atoms with van der Waals surface area (Å²) >= 11 is 0. The molecule has 0 atom stereocenters. The van der Waals surface area contributed by atoms with Crippen LogP contribution in [-0.4, -0.2) is 46.8 Å². The van der Waals surface area contributed by atoms with Gasteiger partial charge in [-0.05, 0) is 33.8 Å². The average Bonchev–Trinajstić information content (AvgIpc) is 2.87. The van der Waals surface area contributed by atoms with Gasteiger partial charge < -0.3 is 16.0 Å². The fraction of sp³-hybridized carbons (Fsp3) is 0.643. The molecule has 0 saturated heterocycles. The summed E-state index contributed by atoms with van der Waals surface area (Å²) in [5.74, 6) is 0.542. The summed E-state index contributed by atoms with van der Waals surface area (Å²) in [5, 5.41) is 13.3. The zero-order valence-corrected chi connectivity index (χ0v) is 13.3. The van der Waals surface area contributed by atoms with Crippen molar-refractivity contribution in [1.29, 1.82) is 0 Å². The first-order chi connectivity index (χ1) is 9.90. The lowest BCUT2D eigenvalue weighted by molar-refractivity contribution is -0.121. The van der Waals surface area contributed by atoms with Gasteiger partial charge in [-0.2, -0.15) is 5.10 Å². The van der Waals surface area contributed by atoms with E-state index in [0.717, 1.165) is 13.1 Å². The van der Waals surface area contributed by atoms with Crippen molar-refractivity contribution in [2.45, 2.75) is 39.8 Å². The molecule has 0 spiro atoms. The van der Waals surface area contributed by atoms with Crippen LogP contribution in [0, 0.1) is 0 Å². The van der Waals surface area contributed by atoms with Gasteiger partial charge in [-0.3, -0.25) is 9.48 Å². The van der Waals surface area contributed by atoms with Gasteiger partial charge in [0.1, 0.15) is 6.54 Å². The molecule has 1 heterocycles. The Morgan fingerprint density at radius 1 is 1.33 bits per heavy atom. The molecule has 0 fully saturated rings. The first-order valence-electron chi connectivity index (χ1n) is 7.21. The molecule has 0 aliphatic heterocycles. The van der Waals surface area contributed by atoms with Crippen molar-refractivity contribution in [3.63, 3.8) is 0 Å². The minimum Gasteiger partial charge on any atom is -0.357 e. The molecule has 1 amide bonds. The van der Waals surface area contributed by atoms with Gasteiger partial charge in [0.25, 0.3) is 0 Å². The number of hydrogen-bond acceptors (Lipinski definition) is 3. The third kappa shape index (κ3) is 7.96. The highest BCUT2D eigenvalue weighted by Crippen LogP contribution is 1.97. The van der Waals surface area contributed by atoms with E-state index >= 15 is 0 Å². The standard InChI is InChI=1S/C14H26N6O/c1-5-15-13(16-8-10-20-9-6-7-18-20)17-11-12(21)19-14(2,3)4/h6-7,9H,5,8,10-11H2,1-4H3,(H,19,21)(H2,15,16,17). The number of nitrogens with zero attached hydrogens (tertiary/aromatic N) is 3. The molecule has 0 aliphatic carbocycles. The van der Waals surface area contributed by atoms with E-state index in [1.54, 1.807) is 6.20 Å². The molecule has 7 nitrogen and oxygen atoms in total. The Bertz CT molecular complexity index is 447. The molecule has 7 heteroatoms. The van der Waals surface area contributed by atoms with Gasteiger partial charge >= 0.3 is 0 Å². The summed E-state index contributed by atoms with van der Waals surface area (Å²) in [6.45, 7) is 10.1. The minimum atomic E-state index is -0.238. The van der Waals surface area contributed by atoms with Gasteiger partial charge in [-0.15, -0.1) is 0 Å². The van der Waals surface area contributed by atoms with Gasteiger partial charge in [0.05, 0.1) is 6.54 Å². The molecular formula is C14H26N6O.